The molecule has 0 amide bonds. The van der Waals surface area contributed by atoms with E-state index in [1.165, 1.54) is 25.7 Å². The molecule has 1 aliphatic heterocycles. The van der Waals surface area contributed by atoms with E-state index < -0.39 is 0 Å². The first kappa shape index (κ1) is 20.0. The minimum atomic E-state index is -0.0759. The van der Waals surface area contributed by atoms with Crippen LogP contribution in [0.25, 0.3) is 0 Å². The second kappa shape index (κ2) is 11.3. The molecule has 144 valence electrons. The maximum atomic E-state index is 12.0. The van der Waals surface area contributed by atoms with E-state index in [1.807, 2.05) is 6.92 Å². The van der Waals surface area contributed by atoms with Crippen molar-refractivity contribution < 1.29 is 14.3 Å². The lowest BCUT2D eigenvalue weighted by atomic mass is 9.98. The summed E-state index contributed by atoms with van der Waals surface area (Å²) in [4.78, 5) is 19.0. The molecule has 2 rings (SSSR count). The molecule has 25 heavy (non-hydrogen) atoms. The van der Waals surface area contributed by atoms with Crippen molar-refractivity contribution in [2.24, 2.45) is 10.9 Å². The third kappa shape index (κ3) is 6.84. The molecule has 1 saturated heterocycles. The highest BCUT2D eigenvalue weighted by Crippen LogP contribution is 2.21. The maximum Gasteiger partial charge on any atom is 0.310 e. The number of rotatable bonds is 8. The van der Waals surface area contributed by atoms with Crippen molar-refractivity contribution in [2.75, 3.05) is 39.4 Å². The number of hydrogen-bond donors (Lipinski definition) is 1. The topological polar surface area (TPSA) is 63.2 Å². The predicted octanol–water partition coefficient (Wildman–Crippen LogP) is 2.58. The van der Waals surface area contributed by atoms with E-state index in [-0.39, 0.29) is 11.9 Å². The van der Waals surface area contributed by atoms with E-state index in [2.05, 4.69) is 17.1 Å². The van der Waals surface area contributed by atoms with Gasteiger partial charge in [0.2, 0.25) is 0 Å². The summed E-state index contributed by atoms with van der Waals surface area (Å²) in [5, 5.41) is 3.36. The Hall–Kier alpha value is -1.30. The lowest BCUT2D eigenvalue weighted by Gasteiger charge is -2.34. The van der Waals surface area contributed by atoms with Gasteiger partial charge in [0.05, 0.1) is 18.6 Å². The van der Waals surface area contributed by atoms with Gasteiger partial charge in [-0.1, -0.05) is 12.8 Å². The second-order valence-corrected chi connectivity index (χ2v) is 6.90. The lowest BCUT2D eigenvalue weighted by Crippen LogP contribution is -2.48. The molecule has 0 radical (unpaired) electrons. The second-order valence-electron chi connectivity index (χ2n) is 6.90. The zero-order valence-electron chi connectivity index (χ0n) is 16.0. The number of nitrogens with one attached hydrogen (secondary N) is 1. The van der Waals surface area contributed by atoms with Gasteiger partial charge in [-0.05, 0) is 46.0 Å². The normalized spacial score (nSPS) is 22.2. The summed E-state index contributed by atoms with van der Waals surface area (Å²) < 4.78 is 11.1. The van der Waals surface area contributed by atoms with Gasteiger partial charge in [-0.15, -0.1) is 0 Å². The Bertz CT molecular complexity index is 422. The quantitative estimate of drug-likeness (QED) is 0.314. The first-order valence-corrected chi connectivity index (χ1v) is 10.1. The van der Waals surface area contributed by atoms with Gasteiger partial charge in [-0.25, -0.2) is 0 Å². The molecule has 1 unspecified atom stereocenters. The van der Waals surface area contributed by atoms with Crippen molar-refractivity contribution in [2.45, 2.75) is 64.9 Å². The smallest absolute Gasteiger partial charge is 0.310 e. The number of nitrogens with zero attached hydrogens (tertiary/aromatic N) is 2. The molecule has 2 fully saturated rings. The molecule has 1 N–H and O–H groups in total. The van der Waals surface area contributed by atoms with Crippen molar-refractivity contribution >= 4 is 11.9 Å². The molecule has 2 aliphatic rings. The van der Waals surface area contributed by atoms with Crippen LogP contribution in [0.2, 0.25) is 0 Å². The molecule has 0 aromatic heterocycles. The molecule has 1 atom stereocenters. The fourth-order valence-corrected chi connectivity index (χ4v) is 3.60. The molecule has 0 aromatic carbocycles. The number of aliphatic imine (C=N–C) groups is 1. The third-order valence-corrected chi connectivity index (χ3v) is 4.90. The summed E-state index contributed by atoms with van der Waals surface area (Å²) in [5.41, 5.74) is 0. The summed E-state index contributed by atoms with van der Waals surface area (Å²) in [6, 6.07) is 0. The summed E-state index contributed by atoms with van der Waals surface area (Å²) in [7, 11) is 0. The summed E-state index contributed by atoms with van der Waals surface area (Å²) in [6.45, 7) is 8.41. The van der Waals surface area contributed by atoms with Crippen LogP contribution in [-0.4, -0.2) is 62.3 Å². The Labute approximate surface area is 152 Å². The van der Waals surface area contributed by atoms with E-state index in [0.717, 1.165) is 51.5 Å². The number of carbonyl (C=O) groups is 1. The van der Waals surface area contributed by atoms with Gasteiger partial charge in [-0.3, -0.25) is 9.79 Å². The van der Waals surface area contributed by atoms with E-state index >= 15 is 0 Å². The Balaban J connectivity index is 1.77. The van der Waals surface area contributed by atoms with Crippen molar-refractivity contribution in [3.05, 3.63) is 0 Å². The monoisotopic (exact) mass is 353 g/mol. The van der Waals surface area contributed by atoms with Crippen LogP contribution in [0.4, 0.5) is 0 Å². The Morgan fingerprint density at radius 1 is 1.20 bits per heavy atom. The fourth-order valence-electron chi connectivity index (χ4n) is 3.60. The molecule has 6 nitrogen and oxygen atoms in total. The molecule has 0 bridgehead atoms. The molecular formula is C19H35N3O3. The van der Waals surface area contributed by atoms with Gasteiger partial charge in [0.15, 0.2) is 5.96 Å². The summed E-state index contributed by atoms with van der Waals surface area (Å²) in [6.07, 6.45) is 8.38. The van der Waals surface area contributed by atoms with Crippen LogP contribution >= 0.6 is 0 Å². The molecule has 0 aromatic rings. The zero-order chi connectivity index (χ0) is 17.9. The maximum absolute atomic E-state index is 12.0. The van der Waals surface area contributed by atoms with E-state index in [1.54, 1.807) is 0 Å². The summed E-state index contributed by atoms with van der Waals surface area (Å²) in [5.74, 6) is 0.800. The van der Waals surface area contributed by atoms with Crippen molar-refractivity contribution in [1.29, 1.82) is 0 Å². The van der Waals surface area contributed by atoms with Crippen LogP contribution in [0, 0.1) is 5.92 Å². The molecular weight excluding hydrogens is 318 g/mol. The number of likely N-dealkylation sites (tertiary alicyclic amines) is 1. The van der Waals surface area contributed by atoms with Gasteiger partial charge < -0.3 is 19.7 Å². The highest BCUT2D eigenvalue weighted by molar-refractivity contribution is 5.81. The minimum absolute atomic E-state index is 0.0387. The van der Waals surface area contributed by atoms with Gasteiger partial charge in [-0.2, -0.15) is 0 Å². The van der Waals surface area contributed by atoms with Crippen LogP contribution in [0.1, 0.15) is 58.8 Å². The SMILES string of the molecule is CCNC(=NCCCOC1CCCC1)N1CCCC(C(=O)OCC)C1. The highest BCUT2D eigenvalue weighted by atomic mass is 16.5. The van der Waals surface area contributed by atoms with Crippen molar-refractivity contribution in [1.82, 2.24) is 10.2 Å². The molecule has 1 saturated carbocycles. The van der Waals surface area contributed by atoms with Crippen LogP contribution in [0.3, 0.4) is 0 Å². The average molecular weight is 354 g/mol. The van der Waals surface area contributed by atoms with Gasteiger partial charge >= 0.3 is 5.97 Å². The predicted molar refractivity (Wildman–Crippen MR) is 99.7 cm³/mol. The van der Waals surface area contributed by atoms with Gasteiger partial charge in [0.1, 0.15) is 0 Å². The number of piperidine rings is 1. The van der Waals surface area contributed by atoms with Crippen molar-refractivity contribution in [3.63, 3.8) is 0 Å². The molecule has 6 heteroatoms. The molecule has 1 aliphatic carbocycles. The van der Waals surface area contributed by atoms with Gasteiger partial charge in [0, 0.05) is 32.8 Å². The molecule has 0 spiro atoms. The average Bonchev–Trinajstić information content (AvgIpc) is 3.14. The fraction of sp³-hybridized carbons (Fsp3) is 0.895. The number of guanidine groups is 1. The van der Waals surface area contributed by atoms with E-state index in [0.29, 0.717) is 19.3 Å². The van der Waals surface area contributed by atoms with E-state index in [9.17, 15) is 4.79 Å². The zero-order valence-corrected chi connectivity index (χ0v) is 16.0. The Morgan fingerprint density at radius 2 is 2.00 bits per heavy atom. The minimum Gasteiger partial charge on any atom is -0.466 e. The number of carbonyl (C=O) groups excluding carboxylic acids is 1. The van der Waals surface area contributed by atoms with Gasteiger partial charge in [0.25, 0.3) is 0 Å². The first-order valence-electron chi connectivity index (χ1n) is 10.1. The Kier molecular flexibility index (Phi) is 9.08. The number of ether oxygens (including phenoxy) is 2. The van der Waals surface area contributed by atoms with Crippen molar-refractivity contribution in [3.8, 4) is 0 Å². The van der Waals surface area contributed by atoms with Crippen LogP contribution in [-0.2, 0) is 14.3 Å². The Morgan fingerprint density at radius 3 is 2.72 bits per heavy atom. The largest absolute Gasteiger partial charge is 0.466 e. The lowest BCUT2D eigenvalue weighted by molar-refractivity contribution is -0.149. The van der Waals surface area contributed by atoms with E-state index in [4.69, 9.17) is 14.5 Å². The summed E-state index contributed by atoms with van der Waals surface area (Å²) >= 11 is 0. The number of hydrogen-bond acceptors (Lipinski definition) is 4. The van der Waals surface area contributed by atoms with Crippen LogP contribution in [0.5, 0.6) is 0 Å². The highest BCUT2D eigenvalue weighted by Gasteiger charge is 2.28. The molecule has 1 heterocycles. The first-order chi connectivity index (χ1) is 12.2. The van der Waals surface area contributed by atoms with Crippen LogP contribution in [0.15, 0.2) is 4.99 Å². The number of esters is 1. The standard InChI is InChI=1S/C19H35N3O3/c1-3-20-19(21-12-8-14-25-17-10-5-6-11-17)22-13-7-9-16(15-22)18(23)24-4-2/h16-17H,3-15H2,1-2H3,(H,20,21). The third-order valence-electron chi connectivity index (χ3n) is 4.90. The van der Waals surface area contributed by atoms with Crippen LogP contribution < -0.4 is 5.32 Å².